The van der Waals surface area contributed by atoms with E-state index in [0.717, 1.165) is 54.9 Å². The van der Waals surface area contributed by atoms with E-state index >= 15 is 0 Å². The lowest BCUT2D eigenvalue weighted by Gasteiger charge is -2.40. The molecule has 2 heterocycles. The second-order valence-corrected chi connectivity index (χ2v) is 16.8. The number of furan rings is 1. The van der Waals surface area contributed by atoms with E-state index in [1.807, 2.05) is 0 Å². The van der Waals surface area contributed by atoms with Gasteiger partial charge < -0.3 is 4.42 Å². The molecule has 0 atom stereocenters. The summed E-state index contributed by atoms with van der Waals surface area (Å²) in [7, 11) is 0. The molecule has 0 N–H and O–H groups in total. The molecular formula is C56H33NOS. The Morgan fingerprint density at radius 3 is 1.73 bits per heavy atom. The highest BCUT2D eigenvalue weighted by molar-refractivity contribution is 7.19. The van der Waals surface area contributed by atoms with Gasteiger partial charge in [0.05, 0.1) is 16.0 Å². The molecule has 2 aromatic heterocycles. The molecule has 2 aliphatic carbocycles. The minimum Gasteiger partial charge on any atom is -0.456 e. The predicted molar refractivity (Wildman–Crippen MR) is 245 cm³/mol. The quantitative estimate of drug-likeness (QED) is 0.178. The largest absolute Gasteiger partial charge is 0.456 e. The molecule has 0 bridgehead atoms. The first-order chi connectivity index (χ1) is 29.2. The van der Waals surface area contributed by atoms with Gasteiger partial charge in [-0.3, -0.25) is 0 Å². The van der Waals surface area contributed by atoms with Crippen LogP contribution >= 0.6 is 11.3 Å². The van der Waals surface area contributed by atoms with Crippen molar-refractivity contribution in [1.29, 1.82) is 0 Å². The molecule has 274 valence electrons. The van der Waals surface area contributed by atoms with Gasteiger partial charge in [-0.05, 0) is 96.2 Å². The van der Waals surface area contributed by atoms with Crippen LogP contribution < -0.4 is 0 Å². The number of aromatic nitrogens is 1. The highest BCUT2D eigenvalue weighted by Gasteiger charge is 2.50. The van der Waals surface area contributed by atoms with Crippen LogP contribution in [-0.4, -0.2) is 4.98 Å². The van der Waals surface area contributed by atoms with Crippen LogP contribution in [-0.2, 0) is 5.41 Å². The monoisotopic (exact) mass is 767 g/mol. The maximum atomic E-state index is 6.84. The van der Waals surface area contributed by atoms with Gasteiger partial charge in [0, 0.05) is 21.9 Å². The molecular weight excluding hydrogens is 735 g/mol. The zero-order valence-corrected chi connectivity index (χ0v) is 32.6. The first-order valence-electron chi connectivity index (χ1n) is 20.2. The first-order valence-corrected chi connectivity index (χ1v) is 21.0. The first kappa shape index (κ1) is 32.7. The van der Waals surface area contributed by atoms with Crippen molar-refractivity contribution in [1.82, 2.24) is 4.98 Å². The molecule has 1 spiro atoms. The Balaban J connectivity index is 0.949. The van der Waals surface area contributed by atoms with Crippen LogP contribution in [0.15, 0.2) is 205 Å². The lowest BCUT2D eigenvalue weighted by atomic mass is 9.61. The number of thiazole rings is 1. The Labute approximate surface area is 345 Å². The zero-order chi connectivity index (χ0) is 38.7. The Bertz CT molecular complexity index is 3380. The smallest absolute Gasteiger partial charge is 0.136 e. The molecule has 59 heavy (non-hydrogen) atoms. The van der Waals surface area contributed by atoms with Gasteiger partial charge in [0.15, 0.2) is 0 Å². The van der Waals surface area contributed by atoms with Gasteiger partial charge >= 0.3 is 0 Å². The molecule has 9 aromatic carbocycles. The molecule has 0 unspecified atom stereocenters. The predicted octanol–water partition coefficient (Wildman–Crippen LogP) is 15.2. The van der Waals surface area contributed by atoms with Crippen LogP contribution in [0.1, 0.15) is 22.3 Å². The summed E-state index contributed by atoms with van der Waals surface area (Å²) in [6, 6.07) is 73.0. The van der Waals surface area contributed by atoms with Crippen molar-refractivity contribution in [3.05, 3.63) is 222 Å². The second kappa shape index (κ2) is 12.3. The molecule has 0 saturated carbocycles. The van der Waals surface area contributed by atoms with E-state index in [0.29, 0.717) is 0 Å². The highest BCUT2D eigenvalue weighted by Crippen LogP contribution is 2.62. The number of hydrogen-bond donors (Lipinski definition) is 0. The van der Waals surface area contributed by atoms with Crippen molar-refractivity contribution in [2.45, 2.75) is 5.41 Å². The summed E-state index contributed by atoms with van der Waals surface area (Å²) in [5.41, 5.74) is 18.5. The van der Waals surface area contributed by atoms with Crippen molar-refractivity contribution >= 4 is 44.0 Å². The van der Waals surface area contributed by atoms with Crippen LogP contribution in [0.25, 0.3) is 98.4 Å². The minimum atomic E-state index is -0.461. The number of fused-ring (bicyclic) bond motifs is 12. The van der Waals surface area contributed by atoms with Crippen LogP contribution in [0.4, 0.5) is 0 Å². The summed E-state index contributed by atoms with van der Waals surface area (Å²) in [5.74, 6) is 0. The van der Waals surface area contributed by atoms with Crippen molar-refractivity contribution < 1.29 is 4.42 Å². The Morgan fingerprint density at radius 2 is 0.983 bits per heavy atom. The van der Waals surface area contributed by atoms with Crippen LogP contribution in [0.2, 0.25) is 0 Å². The molecule has 0 radical (unpaired) electrons. The maximum Gasteiger partial charge on any atom is 0.136 e. The van der Waals surface area contributed by atoms with Crippen molar-refractivity contribution in [3.8, 4) is 65.6 Å². The van der Waals surface area contributed by atoms with E-state index in [9.17, 15) is 0 Å². The van der Waals surface area contributed by atoms with Gasteiger partial charge in [-0.15, -0.1) is 11.3 Å². The average Bonchev–Trinajstić information content (AvgIpc) is 4.00. The number of benzene rings is 9. The SMILES string of the molecule is c1ccc(-c2nc(-c3ccc(-c4ccc5c(c4)oc4cc6c(cc45)C4(c5ccccc5-c5ccccc54)c4cccc5cccc-6c45)cc3)sc2-c2ccccc2)cc1. The molecule has 3 heteroatoms. The van der Waals surface area contributed by atoms with Gasteiger partial charge in [-0.2, -0.15) is 0 Å². The molecule has 2 aliphatic rings. The fraction of sp³-hybridized carbons (Fsp3) is 0.0179. The fourth-order valence-corrected chi connectivity index (χ4v) is 11.3. The van der Waals surface area contributed by atoms with E-state index < -0.39 is 5.41 Å². The van der Waals surface area contributed by atoms with Crippen molar-refractivity contribution in [2.75, 3.05) is 0 Å². The zero-order valence-electron chi connectivity index (χ0n) is 31.8. The number of nitrogens with zero attached hydrogens (tertiary/aromatic N) is 1. The fourth-order valence-electron chi connectivity index (χ4n) is 10.2. The topological polar surface area (TPSA) is 26.0 Å². The third-order valence-electron chi connectivity index (χ3n) is 12.7. The van der Waals surface area contributed by atoms with E-state index in [1.54, 1.807) is 11.3 Å². The van der Waals surface area contributed by atoms with E-state index in [1.165, 1.54) is 65.7 Å². The molecule has 13 rings (SSSR count). The van der Waals surface area contributed by atoms with Gasteiger partial charge in [0.25, 0.3) is 0 Å². The third kappa shape index (κ3) is 4.59. The summed E-state index contributed by atoms with van der Waals surface area (Å²) in [6.45, 7) is 0. The average molecular weight is 768 g/mol. The normalized spacial score (nSPS) is 13.2. The number of rotatable bonds is 4. The van der Waals surface area contributed by atoms with Gasteiger partial charge in [-0.25, -0.2) is 4.98 Å². The molecule has 0 amide bonds. The summed E-state index contributed by atoms with van der Waals surface area (Å²) < 4.78 is 6.84. The van der Waals surface area contributed by atoms with Crippen LogP contribution in [0, 0.1) is 0 Å². The lowest BCUT2D eigenvalue weighted by Crippen LogP contribution is -2.31. The Hall–Kier alpha value is -7.33. The summed E-state index contributed by atoms with van der Waals surface area (Å²) in [6.07, 6.45) is 0. The van der Waals surface area contributed by atoms with Crippen LogP contribution in [0.3, 0.4) is 0 Å². The van der Waals surface area contributed by atoms with Crippen molar-refractivity contribution in [2.24, 2.45) is 0 Å². The second-order valence-electron chi connectivity index (χ2n) is 15.8. The van der Waals surface area contributed by atoms with Gasteiger partial charge in [0.2, 0.25) is 0 Å². The summed E-state index contributed by atoms with van der Waals surface area (Å²) in [4.78, 5) is 6.39. The molecule has 11 aromatic rings. The van der Waals surface area contributed by atoms with Crippen molar-refractivity contribution in [3.63, 3.8) is 0 Å². The van der Waals surface area contributed by atoms with Gasteiger partial charge in [-0.1, -0.05) is 176 Å². The van der Waals surface area contributed by atoms with E-state index in [2.05, 4.69) is 200 Å². The van der Waals surface area contributed by atoms with E-state index in [4.69, 9.17) is 9.40 Å². The molecule has 0 aliphatic heterocycles. The third-order valence-corrected chi connectivity index (χ3v) is 13.9. The Morgan fingerprint density at radius 1 is 0.390 bits per heavy atom. The van der Waals surface area contributed by atoms with Gasteiger partial charge in [0.1, 0.15) is 16.2 Å². The Kier molecular flexibility index (Phi) is 6.84. The standard InChI is InChI=1S/C56H33NOS/c1-3-13-36(14-4-1)53-54(37-15-5-2-6-16-37)59-55(57-53)38-27-25-34(26-28-38)39-29-30-42-45-32-49-44(33-51(45)58-50(42)31-39)43-21-11-17-35-18-12-24-48(52(35)43)56(49)46-22-9-7-19-40(46)41-20-8-10-23-47(41)56/h1-33H. The molecule has 2 nitrogen and oxygen atoms in total. The summed E-state index contributed by atoms with van der Waals surface area (Å²) in [5, 5.41) is 5.85. The van der Waals surface area contributed by atoms with E-state index in [-0.39, 0.29) is 0 Å². The minimum absolute atomic E-state index is 0.461. The maximum absolute atomic E-state index is 6.84. The highest BCUT2D eigenvalue weighted by atomic mass is 32.1. The summed E-state index contributed by atoms with van der Waals surface area (Å²) >= 11 is 1.74. The molecule has 0 saturated heterocycles. The lowest BCUT2D eigenvalue weighted by molar-refractivity contribution is 0.668. The molecule has 0 fully saturated rings. The number of hydrogen-bond acceptors (Lipinski definition) is 3. The van der Waals surface area contributed by atoms with Crippen LogP contribution in [0.5, 0.6) is 0 Å².